The fourth-order valence-electron chi connectivity index (χ4n) is 2.51. The van der Waals surface area contributed by atoms with Crippen LogP contribution >= 0.6 is 0 Å². The van der Waals surface area contributed by atoms with Crippen LogP contribution in [0.25, 0.3) is 11.3 Å². The molecule has 0 aliphatic rings. The zero-order valence-corrected chi connectivity index (χ0v) is 14.3. The summed E-state index contributed by atoms with van der Waals surface area (Å²) in [6.07, 6.45) is 0. The summed E-state index contributed by atoms with van der Waals surface area (Å²) in [4.78, 5) is 4.61. The molecular weight excluding hydrogens is 292 g/mol. The molecule has 0 amide bonds. The molecule has 23 heavy (non-hydrogen) atoms. The van der Waals surface area contributed by atoms with Crippen molar-refractivity contribution >= 4 is 0 Å². The van der Waals surface area contributed by atoms with Crippen LogP contribution in [0.5, 0.6) is 17.2 Å². The Labute approximate surface area is 136 Å². The number of hydrogen-bond acceptors (Lipinski definition) is 5. The summed E-state index contributed by atoms with van der Waals surface area (Å²) in [5.74, 6) is 1.57. The van der Waals surface area contributed by atoms with E-state index in [-0.39, 0.29) is 0 Å². The van der Waals surface area contributed by atoms with Crippen LogP contribution in [0, 0.1) is 32.1 Å². The molecule has 0 aliphatic carbocycles. The highest BCUT2D eigenvalue weighted by molar-refractivity contribution is 5.74. The van der Waals surface area contributed by atoms with Gasteiger partial charge in [0, 0.05) is 11.3 Å². The van der Waals surface area contributed by atoms with Gasteiger partial charge in [-0.25, -0.2) is 0 Å². The SMILES string of the molecule is COc1cc(-c2nc(C)c(C)c(C)c2C#N)cc(OC)c1OC. The lowest BCUT2D eigenvalue weighted by Gasteiger charge is -2.16. The van der Waals surface area contributed by atoms with E-state index in [2.05, 4.69) is 11.1 Å². The van der Waals surface area contributed by atoms with E-state index in [0.717, 1.165) is 22.4 Å². The van der Waals surface area contributed by atoms with Crippen molar-refractivity contribution in [3.8, 4) is 34.6 Å². The average Bonchev–Trinajstić information content (AvgIpc) is 2.57. The Hall–Kier alpha value is -2.74. The zero-order valence-electron chi connectivity index (χ0n) is 14.3. The van der Waals surface area contributed by atoms with Crippen LogP contribution < -0.4 is 14.2 Å². The highest BCUT2D eigenvalue weighted by Gasteiger charge is 2.19. The maximum absolute atomic E-state index is 9.55. The second-order valence-corrected chi connectivity index (χ2v) is 5.20. The van der Waals surface area contributed by atoms with Crippen molar-refractivity contribution in [2.45, 2.75) is 20.8 Å². The van der Waals surface area contributed by atoms with Gasteiger partial charge in [-0.15, -0.1) is 0 Å². The van der Waals surface area contributed by atoms with Crippen molar-refractivity contribution in [3.63, 3.8) is 0 Å². The first-order chi connectivity index (χ1) is 11.0. The Morgan fingerprint density at radius 2 is 1.48 bits per heavy atom. The number of ether oxygens (including phenoxy) is 3. The van der Waals surface area contributed by atoms with E-state index in [9.17, 15) is 5.26 Å². The van der Waals surface area contributed by atoms with Crippen molar-refractivity contribution in [2.24, 2.45) is 0 Å². The summed E-state index contributed by atoms with van der Waals surface area (Å²) in [6.45, 7) is 5.84. The molecule has 1 aromatic carbocycles. The van der Waals surface area contributed by atoms with Crippen molar-refractivity contribution in [1.82, 2.24) is 4.98 Å². The van der Waals surface area contributed by atoms with Crippen molar-refractivity contribution in [1.29, 1.82) is 5.26 Å². The van der Waals surface area contributed by atoms with Crippen LogP contribution in [-0.4, -0.2) is 26.3 Å². The minimum Gasteiger partial charge on any atom is -0.493 e. The molecule has 0 N–H and O–H groups in total. The highest BCUT2D eigenvalue weighted by atomic mass is 16.5. The molecule has 120 valence electrons. The summed E-state index contributed by atoms with van der Waals surface area (Å²) in [6, 6.07) is 5.87. The number of nitrogens with zero attached hydrogens (tertiary/aromatic N) is 2. The fraction of sp³-hybridized carbons (Fsp3) is 0.333. The van der Waals surface area contributed by atoms with E-state index in [4.69, 9.17) is 14.2 Å². The third-order valence-corrected chi connectivity index (χ3v) is 4.05. The molecule has 2 rings (SSSR count). The van der Waals surface area contributed by atoms with Gasteiger partial charge in [0.25, 0.3) is 0 Å². The Balaban J connectivity index is 2.80. The van der Waals surface area contributed by atoms with E-state index in [1.807, 2.05) is 20.8 Å². The first kappa shape index (κ1) is 16.6. The van der Waals surface area contributed by atoms with Crippen molar-refractivity contribution < 1.29 is 14.2 Å². The Morgan fingerprint density at radius 3 is 1.91 bits per heavy atom. The van der Waals surface area contributed by atoms with Gasteiger partial charge in [-0.3, -0.25) is 4.98 Å². The maximum atomic E-state index is 9.55. The Morgan fingerprint density at radius 1 is 0.913 bits per heavy atom. The third kappa shape index (κ3) is 2.80. The Bertz CT molecular complexity index is 767. The minimum atomic E-state index is 0.512. The van der Waals surface area contributed by atoms with Gasteiger partial charge in [-0.2, -0.15) is 5.26 Å². The lowest BCUT2D eigenvalue weighted by molar-refractivity contribution is 0.324. The lowest BCUT2D eigenvalue weighted by Crippen LogP contribution is -2.01. The van der Waals surface area contributed by atoms with Gasteiger partial charge in [0.15, 0.2) is 11.5 Å². The van der Waals surface area contributed by atoms with Gasteiger partial charge in [0.05, 0.1) is 32.6 Å². The average molecular weight is 312 g/mol. The van der Waals surface area contributed by atoms with E-state index < -0.39 is 0 Å². The normalized spacial score (nSPS) is 10.1. The van der Waals surface area contributed by atoms with E-state index in [1.54, 1.807) is 33.5 Å². The summed E-state index contributed by atoms with van der Waals surface area (Å²) in [5.41, 5.74) is 4.78. The molecule has 5 nitrogen and oxygen atoms in total. The second-order valence-electron chi connectivity index (χ2n) is 5.20. The molecule has 0 bridgehead atoms. The summed E-state index contributed by atoms with van der Waals surface area (Å²) in [5, 5.41) is 9.55. The lowest BCUT2D eigenvalue weighted by atomic mass is 9.97. The minimum absolute atomic E-state index is 0.512. The molecule has 0 spiro atoms. The molecule has 0 unspecified atom stereocenters. The van der Waals surface area contributed by atoms with Gasteiger partial charge < -0.3 is 14.2 Å². The number of methoxy groups -OCH3 is 3. The number of pyridine rings is 1. The zero-order chi connectivity index (χ0) is 17.1. The molecule has 0 radical (unpaired) electrons. The molecule has 0 fully saturated rings. The van der Waals surface area contributed by atoms with Gasteiger partial charge in [0.1, 0.15) is 6.07 Å². The first-order valence-corrected chi connectivity index (χ1v) is 7.16. The second kappa shape index (κ2) is 6.57. The molecule has 5 heteroatoms. The van der Waals surface area contributed by atoms with E-state index >= 15 is 0 Å². The predicted molar refractivity (Wildman–Crippen MR) is 88.3 cm³/mol. The van der Waals surface area contributed by atoms with Crippen molar-refractivity contribution in [3.05, 3.63) is 34.5 Å². The van der Waals surface area contributed by atoms with Crippen molar-refractivity contribution in [2.75, 3.05) is 21.3 Å². The maximum Gasteiger partial charge on any atom is 0.203 e. The number of aryl methyl sites for hydroxylation is 1. The molecular formula is C18H20N2O3. The molecule has 1 aromatic heterocycles. The predicted octanol–water partition coefficient (Wildman–Crippen LogP) is 3.57. The van der Waals surface area contributed by atoms with Gasteiger partial charge in [-0.1, -0.05) is 0 Å². The van der Waals surface area contributed by atoms with Gasteiger partial charge in [0.2, 0.25) is 5.75 Å². The van der Waals surface area contributed by atoms with Crippen LogP contribution in [0.3, 0.4) is 0 Å². The third-order valence-electron chi connectivity index (χ3n) is 4.05. The highest BCUT2D eigenvalue weighted by Crippen LogP contribution is 2.41. The number of aromatic nitrogens is 1. The van der Waals surface area contributed by atoms with E-state index in [1.165, 1.54) is 0 Å². The molecule has 0 saturated heterocycles. The number of hydrogen-bond donors (Lipinski definition) is 0. The fourth-order valence-corrected chi connectivity index (χ4v) is 2.51. The van der Waals surface area contributed by atoms with E-state index in [0.29, 0.717) is 28.5 Å². The molecule has 2 aromatic rings. The Kier molecular flexibility index (Phi) is 4.75. The van der Waals surface area contributed by atoms with Crippen LogP contribution in [0.4, 0.5) is 0 Å². The molecule has 1 heterocycles. The summed E-state index contributed by atoms with van der Waals surface area (Å²) < 4.78 is 16.1. The standard InChI is InChI=1S/C18H20N2O3/c1-10-11(2)14(9-19)17(20-12(10)3)13-7-15(21-4)18(23-6)16(8-13)22-5/h7-8H,1-6H3. The topological polar surface area (TPSA) is 64.4 Å². The summed E-state index contributed by atoms with van der Waals surface area (Å²) in [7, 11) is 4.68. The van der Waals surface area contributed by atoms with Crippen LogP contribution in [-0.2, 0) is 0 Å². The molecule has 0 aliphatic heterocycles. The first-order valence-electron chi connectivity index (χ1n) is 7.16. The monoisotopic (exact) mass is 312 g/mol. The molecule has 0 saturated carbocycles. The number of nitriles is 1. The quantitative estimate of drug-likeness (QED) is 0.863. The van der Waals surface area contributed by atoms with Crippen LogP contribution in [0.1, 0.15) is 22.4 Å². The van der Waals surface area contributed by atoms with Gasteiger partial charge >= 0.3 is 0 Å². The smallest absolute Gasteiger partial charge is 0.203 e. The van der Waals surface area contributed by atoms with Crippen LogP contribution in [0.15, 0.2) is 12.1 Å². The van der Waals surface area contributed by atoms with Gasteiger partial charge in [-0.05, 0) is 44.0 Å². The summed E-state index contributed by atoms with van der Waals surface area (Å²) >= 11 is 0. The number of rotatable bonds is 4. The number of benzene rings is 1. The van der Waals surface area contributed by atoms with Crippen LogP contribution in [0.2, 0.25) is 0 Å². The molecule has 0 atom stereocenters. The largest absolute Gasteiger partial charge is 0.493 e.